The Balaban J connectivity index is 1.97. The van der Waals surface area contributed by atoms with E-state index >= 15 is 0 Å². The minimum absolute atomic E-state index is 0.0531. The van der Waals surface area contributed by atoms with Crippen molar-refractivity contribution >= 4 is 17.2 Å². The van der Waals surface area contributed by atoms with E-state index in [2.05, 4.69) is 10.6 Å². The van der Waals surface area contributed by atoms with E-state index in [4.69, 9.17) is 0 Å². The molecule has 2 rings (SSSR count). The molecule has 2 heterocycles. The summed E-state index contributed by atoms with van der Waals surface area (Å²) in [7, 11) is 0. The SMILES string of the molecule is CC(C(=O)N[C@H](C)c1cccs1)=C1CNC1. The molecule has 1 aromatic rings. The molecule has 1 aromatic heterocycles. The Morgan fingerprint density at radius 1 is 1.56 bits per heavy atom. The Morgan fingerprint density at radius 3 is 2.81 bits per heavy atom. The van der Waals surface area contributed by atoms with Crippen molar-refractivity contribution in [2.75, 3.05) is 13.1 Å². The molecular weight excluding hydrogens is 220 g/mol. The van der Waals surface area contributed by atoms with Gasteiger partial charge in [-0.05, 0) is 30.9 Å². The van der Waals surface area contributed by atoms with Gasteiger partial charge in [0.05, 0.1) is 6.04 Å². The second-order valence-corrected chi connectivity index (χ2v) is 5.02. The first kappa shape index (κ1) is 11.4. The van der Waals surface area contributed by atoms with Crippen molar-refractivity contribution in [1.29, 1.82) is 0 Å². The third-order valence-corrected chi connectivity index (χ3v) is 3.92. The summed E-state index contributed by atoms with van der Waals surface area (Å²) in [6.07, 6.45) is 0. The van der Waals surface area contributed by atoms with E-state index in [0.29, 0.717) is 0 Å². The molecule has 1 saturated heterocycles. The summed E-state index contributed by atoms with van der Waals surface area (Å²) in [4.78, 5) is 13.1. The molecule has 0 saturated carbocycles. The van der Waals surface area contributed by atoms with Crippen LogP contribution in [0, 0.1) is 0 Å². The summed E-state index contributed by atoms with van der Waals surface area (Å²) in [5.74, 6) is 0.0531. The topological polar surface area (TPSA) is 41.1 Å². The standard InChI is InChI=1S/C12H16N2OS/c1-8(10-6-13-7-10)12(15)14-9(2)11-4-3-5-16-11/h3-5,9,13H,6-7H2,1-2H3,(H,14,15)/t9-/m1/s1. The van der Waals surface area contributed by atoms with Crippen molar-refractivity contribution in [3.8, 4) is 0 Å². The summed E-state index contributed by atoms with van der Waals surface area (Å²) in [5, 5.41) is 8.19. The number of nitrogens with one attached hydrogen (secondary N) is 2. The van der Waals surface area contributed by atoms with Gasteiger partial charge in [-0.25, -0.2) is 0 Å². The molecule has 0 unspecified atom stereocenters. The molecule has 2 N–H and O–H groups in total. The van der Waals surface area contributed by atoms with E-state index in [9.17, 15) is 4.79 Å². The Hall–Kier alpha value is -1.13. The van der Waals surface area contributed by atoms with E-state index in [0.717, 1.165) is 18.7 Å². The highest BCUT2D eigenvalue weighted by molar-refractivity contribution is 7.10. The van der Waals surface area contributed by atoms with Crippen molar-refractivity contribution in [2.45, 2.75) is 19.9 Å². The number of rotatable bonds is 3. The predicted molar refractivity (Wildman–Crippen MR) is 66.4 cm³/mol. The molecule has 1 aliphatic heterocycles. The highest BCUT2D eigenvalue weighted by atomic mass is 32.1. The second kappa shape index (κ2) is 4.80. The van der Waals surface area contributed by atoms with E-state index in [1.807, 2.05) is 31.4 Å². The Morgan fingerprint density at radius 2 is 2.31 bits per heavy atom. The summed E-state index contributed by atoms with van der Waals surface area (Å²) < 4.78 is 0. The zero-order valence-corrected chi connectivity index (χ0v) is 10.4. The normalized spacial score (nSPS) is 16.5. The molecule has 1 atom stereocenters. The molecule has 0 radical (unpaired) electrons. The van der Waals surface area contributed by atoms with Gasteiger partial charge in [0.2, 0.25) is 5.91 Å². The van der Waals surface area contributed by atoms with E-state index < -0.39 is 0 Å². The molecular formula is C12H16N2OS. The maximum absolute atomic E-state index is 11.9. The highest BCUT2D eigenvalue weighted by Crippen LogP contribution is 2.19. The van der Waals surface area contributed by atoms with E-state index in [-0.39, 0.29) is 11.9 Å². The Bertz CT molecular complexity index is 403. The molecule has 0 aliphatic carbocycles. The highest BCUT2D eigenvalue weighted by Gasteiger charge is 2.17. The molecule has 1 amide bonds. The average molecular weight is 236 g/mol. The first-order chi connectivity index (χ1) is 7.68. The van der Waals surface area contributed by atoms with Gasteiger partial charge in [0.15, 0.2) is 0 Å². The van der Waals surface area contributed by atoms with Gasteiger partial charge in [0.25, 0.3) is 0 Å². The van der Waals surface area contributed by atoms with Crippen molar-refractivity contribution in [3.05, 3.63) is 33.5 Å². The van der Waals surface area contributed by atoms with Crippen molar-refractivity contribution in [1.82, 2.24) is 10.6 Å². The van der Waals surface area contributed by atoms with Crippen molar-refractivity contribution in [3.63, 3.8) is 0 Å². The Kier molecular flexibility index (Phi) is 3.41. The maximum Gasteiger partial charge on any atom is 0.247 e. The van der Waals surface area contributed by atoms with Gasteiger partial charge in [-0.2, -0.15) is 0 Å². The molecule has 1 aliphatic rings. The van der Waals surface area contributed by atoms with Gasteiger partial charge in [0, 0.05) is 23.5 Å². The zero-order valence-electron chi connectivity index (χ0n) is 9.54. The van der Waals surface area contributed by atoms with Crippen LogP contribution in [-0.2, 0) is 4.79 Å². The Labute approximate surface area is 99.6 Å². The van der Waals surface area contributed by atoms with Gasteiger partial charge >= 0.3 is 0 Å². The van der Waals surface area contributed by atoms with Gasteiger partial charge < -0.3 is 10.6 Å². The van der Waals surface area contributed by atoms with E-state index in [1.54, 1.807) is 11.3 Å². The lowest BCUT2D eigenvalue weighted by Crippen LogP contribution is -2.38. The number of carbonyl (C=O) groups is 1. The largest absolute Gasteiger partial charge is 0.345 e. The second-order valence-electron chi connectivity index (χ2n) is 4.04. The lowest BCUT2D eigenvalue weighted by molar-refractivity contribution is -0.118. The number of amides is 1. The van der Waals surface area contributed by atoms with Crippen LogP contribution in [-0.4, -0.2) is 19.0 Å². The van der Waals surface area contributed by atoms with Gasteiger partial charge in [0.1, 0.15) is 0 Å². The fraction of sp³-hybridized carbons (Fsp3) is 0.417. The lowest BCUT2D eigenvalue weighted by atomic mass is 10.0. The maximum atomic E-state index is 11.9. The third-order valence-electron chi connectivity index (χ3n) is 2.87. The lowest BCUT2D eigenvalue weighted by Gasteiger charge is -2.22. The molecule has 0 aromatic carbocycles. The van der Waals surface area contributed by atoms with Crippen molar-refractivity contribution in [2.24, 2.45) is 0 Å². The molecule has 0 spiro atoms. The third kappa shape index (κ3) is 2.33. The summed E-state index contributed by atoms with van der Waals surface area (Å²) in [5.41, 5.74) is 2.08. The van der Waals surface area contributed by atoms with Crippen LogP contribution in [0.3, 0.4) is 0 Å². The number of carbonyl (C=O) groups excluding carboxylic acids is 1. The first-order valence-corrected chi connectivity index (χ1v) is 6.30. The molecule has 0 bridgehead atoms. The molecule has 4 heteroatoms. The van der Waals surface area contributed by atoms with Gasteiger partial charge in [-0.3, -0.25) is 4.79 Å². The van der Waals surface area contributed by atoms with Crippen LogP contribution in [0.2, 0.25) is 0 Å². The van der Waals surface area contributed by atoms with Crippen LogP contribution in [0.15, 0.2) is 28.7 Å². The van der Waals surface area contributed by atoms with Crippen LogP contribution in [0.1, 0.15) is 24.8 Å². The summed E-state index contributed by atoms with van der Waals surface area (Å²) >= 11 is 1.67. The first-order valence-electron chi connectivity index (χ1n) is 5.42. The average Bonchev–Trinajstić information content (AvgIpc) is 2.67. The fourth-order valence-corrected chi connectivity index (χ4v) is 2.32. The van der Waals surface area contributed by atoms with Crippen LogP contribution < -0.4 is 10.6 Å². The number of hydrogen-bond donors (Lipinski definition) is 2. The predicted octanol–water partition coefficient (Wildman–Crippen LogP) is 1.84. The van der Waals surface area contributed by atoms with Crippen molar-refractivity contribution < 1.29 is 4.79 Å². The minimum Gasteiger partial charge on any atom is -0.345 e. The summed E-state index contributed by atoms with van der Waals surface area (Å²) in [6.45, 7) is 5.62. The monoisotopic (exact) mass is 236 g/mol. The van der Waals surface area contributed by atoms with Gasteiger partial charge in [-0.15, -0.1) is 11.3 Å². The summed E-state index contributed by atoms with van der Waals surface area (Å²) in [6, 6.07) is 4.14. The van der Waals surface area contributed by atoms with Crippen LogP contribution in [0.5, 0.6) is 0 Å². The minimum atomic E-state index is 0.0531. The molecule has 3 nitrogen and oxygen atoms in total. The van der Waals surface area contributed by atoms with E-state index in [1.165, 1.54) is 10.5 Å². The zero-order chi connectivity index (χ0) is 11.5. The number of hydrogen-bond acceptors (Lipinski definition) is 3. The van der Waals surface area contributed by atoms with Crippen LogP contribution in [0.25, 0.3) is 0 Å². The smallest absolute Gasteiger partial charge is 0.247 e. The quantitative estimate of drug-likeness (QED) is 0.786. The van der Waals surface area contributed by atoms with Crippen LogP contribution in [0.4, 0.5) is 0 Å². The number of thiophene rings is 1. The molecule has 86 valence electrons. The fourth-order valence-electron chi connectivity index (χ4n) is 1.59. The van der Waals surface area contributed by atoms with Gasteiger partial charge in [-0.1, -0.05) is 6.07 Å². The van der Waals surface area contributed by atoms with Crippen LogP contribution >= 0.6 is 11.3 Å². The molecule has 16 heavy (non-hydrogen) atoms. The molecule has 1 fully saturated rings.